The lowest BCUT2D eigenvalue weighted by molar-refractivity contribution is 0.614. The van der Waals surface area contributed by atoms with Crippen LogP contribution in [-0.2, 0) is 6.42 Å². The van der Waals surface area contributed by atoms with Crippen LogP contribution in [0.4, 0.5) is 4.39 Å². The zero-order chi connectivity index (χ0) is 9.84. The molecule has 0 aliphatic carbocycles. The number of hydrogen-bond acceptors (Lipinski definition) is 0. The largest absolute Gasteiger partial charge is 0.207 e. The molecule has 13 heavy (non-hydrogen) atoms. The van der Waals surface area contributed by atoms with E-state index in [2.05, 4.69) is 15.9 Å². The third kappa shape index (κ3) is 3.31. The van der Waals surface area contributed by atoms with Crippen molar-refractivity contribution in [3.8, 4) is 0 Å². The molecule has 0 amide bonds. The molecule has 0 nitrogen and oxygen atoms in total. The Kier molecular flexibility index (Phi) is 3.67. The molecule has 0 aliphatic heterocycles. The first-order valence-corrected chi connectivity index (χ1v) is 4.96. The molecular formula is C11H12BrF. The molecule has 0 bridgehead atoms. The molecule has 2 heteroatoms. The molecule has 0 fully saturated rings. The maximum atomic E-state index is 13.2. The minimum absolute atomic E-state index is 0.146. The molecule has 1 rings (SSSR count). The highest BCUT2D eigenvalue weighted by Gasteiger charge is 2.00. The highest BCUT2D eigenvalue weighted by atomic mass is 79.9. The molecule has 0 heterocycles. The molecule has 0 spiro atoms. The van der Waals surface area contributed by atoms with Crippen LogP contribution in [0.2, 0.25) is 0 Å². The van der Waals surface area contributed by atoms with Crippen molar-refractivity contribution < 1.29 is 4.39 Å². The SMILES string of the molecule is CC(C)=CCc1ccc(Br)cc1F. The first kappa shape index (κ1) is 10.5. The van der Waals surface area contributed by atoms with E-state index >= 15 is 0 Å². The molecular weight excluding hydrogens is 231 g/mol. The second-order valence-electron chi connectivity index (χ2n) is 3.22. The fraction of sp³-hybridized carbons (Fsp3) is 0.273. The van der Waals surface area contributed by atoms with E-state index in [1.807, 2.05) is 26.0 Å². The number of hydrogen-bond donors (Lipinski definition) is 0. The van der Waals surface area contributed by atoms with Gasteiger partial charge in [-0.3, -0.25) is 0 Å². The summed E-state index contributed by atoms with van der Waals surface area (Å²) >= 11 is 3.22. The third-order valence-corrected chi connectivity index (χ3v) is 2.24. The van der Waals surface area contributed by atoms with Crippen molar-refractivity contribution in [2.45, 2.75) is 20.3 Å². The summed E-state index contributed by atoms with van der Waals surface area (Å²) in [5, 5.41) is 0. The van der Waals surface area contributed by atoms with Gasteiger partial charge in [-0.25, -0.2) is 4.39 Å². The molecule has 0 aliphatic rings. The molecule has 0 N–H and O–H groups in total. The lowest BCUT2D eigenvalue weighted by atomic mass is 10.1. The Morgan fingerprint density at radius 1 is 1.46 bits per heavy atom. The van der Waals surface area contributed by atoms with E-state index in [-0.39, 0.29) is 5.82 Å². The highest BCUT2D eigenvalue weighted by Crippen LogP contribution is 2.16. The predicted molar refractivity (Wildman–Crippen MR) is 57.2 cm³/mol. The Hall–Kier alpha value is -0.630. The first-order chi connectivity index (χ1) is 6.09. The summed E-state index contributed by atoms with van der Waals surface area (Å²) in [6.45, 7) is 4.02. The Labute approximate surface area is 86.6 Å². The third-order valence-electron chi connectivity index (χ3n) is 1.75. The van der Waals surface area contributed by atoms with Gasteiger partial charge >= 0.3 is 0 Å². The van der Waals surface area contributed by atoms with Gasteiger partial charge in [0, 0.05) is 4.47 Å². The van der Waals surface area contributed by atoms with Gasteiger partial charge in [-0.15, -0.1) is 0 Å². The van der Waals surface area contributed by atoms with Crippen molar-refractivity contribution in [1.82, 2.24) is 0 Å². The molecule has 0 atom stereocenters. The topological polar surface area (TPSA) is 0 Å². The van der Waals surface area contributed by atoms with Crippen molar-refractivity contribution in [3.63, 3.8) is 0 Å². The fourth-order valence-corrected chi connectivity index (χ4v) is 1.33. The van der Waals surface area contributed by atoms with Crippen LogP contribution in [-0.4, -0.2) is 0 Å². The van der Waals surface area contributed by atoms with Gasteiger partial charge < -0.3 is 0 Å². The Balaban J connectivity index is 2.84. The van der Waals surface area contributed by atoms with Crippen molar-refractivity contribution in [3.05, 3.63) is 45.7 Å². The van der Waals surface area contributed by atoms with Crippen molar-refractivity contribution in [2.24, 2.45) is 0 Å². The van der Waals surface area contributed by atoms with Crippen LogP contribution in [0.3, 0.4) is 0 Å². The molecule has 1 aromatic rings. The Bertz CT molecular complexity index is 325. The first-order valence-electron chi connectivity index (χ1n) is 4.17. The van der Waals surface area contributed by atoms with Crippen LogP contribution in [0.15, 0.2) is 34.3 Å². The van der Waals surface area contributed by atoms with E-state index in [0.29, 0.717) is 6.42 Å². The normalized spacial score (nSPS) is 9.85. The summed E-state index contributed by atoms with van der Waals surface area (Å²) in [6, 6.07) is 5.16. The number of rotatable bonds is 2. The molecule has 1 aromatic carbocycles. The average Bonchev–Trinajstić information content (AvgIpc) is 2.02. The number of allylic oxidation sites excluding steroid dienone is 2. The van der Waals surface area contributed by atoms with Gasteiger partial charge in [0.15, 0.2) is 0 Å². The predicted octanol–water partition coefficient (Wildman–Crippen LogP) is 4.10. The van der Waals surface area contributed by atoms with Crippen molar-refractivity contribution in [1.29, 1.82) is 0 Å². The minimum Gasteiger partial charge on any atom is -0.207 e. The molecule has 0 saturated heterocycles. The molecule has 0 radical (unpaired) electrons. The Morgan fingerprint density at radius 3 is 2.69 bits per heavy atom. The maximum Gasteiger partial charge on any atom is 0.127 e. The summed E-state index contributed by atoms with van der Waals surface area (Å²) in [5.74, 6) is -0.146. The molecule has 0 aromatic heterocycles. The van der Waals surface area contributed by atoms with Gasteiger partial charge in [0.2, 0.25) is 0 Å². The quantitative estimate of drug-likeness (QED) is 0.686. The fourth-order valence-electron chi connectivity index (χ4n) is 1.00. The maximum absolute atomic E-state index is 13.2. The number of halogens is 2. The van der Waals surface area contributed by atoms with E-state index in [4.69, 9.17) is 0 Å². The van der Waals surface area contributed by atoms with E-state index in [0.717, 1.165) is 10.0 Å². The lowest BCUT2D eigenvalue weighted by Gasteiger charge is -2.00. The second-order valence-corrected chi connectivity index (χ2v) is 4.14. The van der Waals surface area contributed by atoms with Gasteiger partial charge in [-0.2, -0.15) is 0 Å². The van der Waals surface area contributed by atoms with E-state index in [1.54, 1.807) is 6.07 Å². The monoisotopic (exact) mass is 242 g/mol. The van der Waals surface area contributed by atoms with Gasteiger partial charge in [-0.05, 0) is 38.0 Å². The van der Waals surface area contributed by atoms with Gasteiger partial charge in [0.05, 0.1) is 0 Å². The summed E-state index contributed by atoms with van der Waals surface area (Å²) in [6.07, 6.45) is 2.69. The van der Waals surface area contributed by atoms with Crippen molar-refractivity contribution >= 4 is 15.9 Å². The van der Waals surface area contributed by atoms with Crippen LogP contribution in [0.5, 0.6) is 0 Å². The van der Waals surface area contributed by atoms with Crippen LogP contribution < -0.4 is 0 Å². The Morgan fingerprint density at radius 2 is 2.15 bits per heavy atom. The summed E-state index contributed by atoms with van der Waals surface area (Å²) in [4.78, 5) is 0. The van der Waals surface area contributed by atoms with Gasteiger partial charge in [0.25, 0.3) is 0 Å². The molecule has 0 saturated carbocycles. The summed E-state index contributed by atoms with van der Waals surface area (Å²) in [5.41, 5.74) is 1.95. The van der Waals surface area contributed by atoms with E-state index in [9.17, 15) is 4.39 Å². The lowest BCUT2D eigenvalue weighted by Crippen LogP contribution is -1.88. The minimum atomic E-state index is -0.146. The molecule has 70 valence electrons. The zero-order valence-electron chi connectivity index (χ0n) is 7.77. The highest BCUT2D eigenvalue weighted by molar-refractivity contribution is 9.10. The molecule has 0 unspecified atom stereocenters. The smallest absolute Gasteiger partial charge is 0.127 e. The van der Waals surface area contributed by atoms with Crippen LogP contribution >= 0.6 is 15.9 Å². The van der Waals surface area contributed by atoms with Gasteiger partial charge in [-0.1, -0.05) is 33.6 Å². The van der Waals surface area contributed by atoms with Crippen LogP contribution in [0.1, 0.15) is 19.4 Å². The summed E-state index contributed by atoms with van der Waals surface area (Å²) in [7, 11) is 0. The number of benzene rings is 1. The van der Waals surface area contributed by atoms with E-state index in [1.165, 1.54) is 11.6 Å². The average molecular weight is 243 g/mol. The van der Waals surface area contributed by atoms with E-state index < -0.39 is 0 Å². The van der Waals surface area contributed by atoms with Crippen molar-refractivity contribution in [2.75, 3.05) is 0 Å². The van der Waals surface area contributed by atoms with Gasteiger partial charge in [0.1, 0.15) is 5.82 Å². The van der Waals surface area contributed by atoms with Crippen LogP contribution in [0.25, 0.3) is 0 Å². The summed E-state index contributed by atoms with van der Waals surface area (Å²) < 4.78 is 14.0. The standard InChI is InChI=1S/C11H12BrF/c1-8(2)3-4-9-5-6-10(12)7-11(9)13/h3,5-7H,4H2,1-2H3. The second kappa shape index (κ2) is 4.56. The zero-order valence-corrected chi connectivity index (χ0v) is 9.36. The van der Waals surface area contributed by atoms with Crippen LogP contribution in [0, 0.1) is 5.82 Å².